The largest absolute Gasteiger partial charge is 0.352 e. The first-order valence-corrected chi connectivity index (χ1v) is 6.24. The van der Waals surface area contributed by atoms with Gasteiger partial charge in [0.25, 0.3) is 0 Å². The molecule has 0 aromatic heterocycles. The van der Waals surface area contributed by atoms with Crippen molar-refractivity contribution >= 4 is 5.91 Å². The molecule has 1 aliphatic rings. The number of amides is 1. The maximum Gasteiger partial charge on any atom is 0.234 e. The zero-order chi connectivity index (χ0) is 12.3. The standard InChI is InChI=1S/C14H20N2O/c1-10-4-3-5-12(8-10)11(2)15-9-14(17)16-13-6-7-13/h3-5,8,11,13,15H,6-7,9H2,1-2H3,(H,16,17). The highest BCUT2D eigenvalue weighted by Crippen LogP contribution is 2.18. The van der Waals surface area contributed by atoms with Crippen molar-refractivity contribution in [2.75, 3.05) is 6.54 Å². The molecule has 1 unspecified atom stereocenters. The summed E-state index contributed by atoms with van der Waals surface area (Å²) in [5, 5.41) is 6.22. The molecule has 3 heteroatoms. The lowest BCUT2D eigenvalue weighted by atomic mass is 10.1. The molecule has 17 heavy (non-hydrogen) atoms. The number of hydrogen-bond acceptors (Lipinski definition) is 2. The van der Waals surface area contributed by atoms with Crippen LogP contribution < -0.4 is 10.6 Å². The molecule has 92 valence electrons. The highest BCUT2D eigenvalue weighted by Gasteiger charge is 2.23. The maximum atomic E-state index is 11.5. The van der Waals surface area contributed by atoms with Crippen LogP contribution in [0.25, 0.3) is 0 Å². The van der Waals surface area contributed by atoms with Crippen molar-refractivity contribution in [1.29, 1.82) is 0 Å². The van der Waals surface area contributed by atoms with Gasteiger partial charge < -0.3 is 10.6 Å². The summed E-state index contributed by atoms with van der Waals surface area (Å²) >= 11 is 0. The Morgan fingerprint density at radius 3 is 2.88 bits per heavy atom. The van der Waals surface area contributed by atoms with E-state index in [0.29, 0.717) is 12.6 Å². The van der Waals surface area contributed by atoms with Gasteiger partial charge in [-0.25, -0.2) is 0 Å². The highest BCUT2D eigenvalue weighted by molar-refractivity contribution is 5.78. The lowest BCUT2D eigenvalue weighted by Crippen LogP contribution is -2.36. The van der Waals surface area contributed by atoms with E-state index < -0.39 is 0 Å². The summed E-state index contributed by atoms with van der Waals surface area (Å²) in [7, 11) is 0. The Hall–Kier alpha value is -1.35. The van der Waals surface area contributed by atoms with E-state index in [9.17, 15) is 4.79 Å². The number of hydrogen-bond donors (Lipinski definition) is 2. The predicted octanol–water partition coefficient (Wildman–Crippen LogP) is 1.92. The number of aryl methyl sites for hydroxylation is 1. The molecule has 1 aliphatic carbocycles. The highest BCUT2D eigenvalue weighted by atomic mass is 16.2. The number of carbonyl (C=O) groups is 1. The van der Waals surface area contributed by atoms with E-state index in [0.717, 1.165) is 12.8 Å². The lowest BCUT2D eigenvalue weighted by Gasteiger charge is -2.14. The van der Waals surface area contributed by atoms with Crippen molar-refractivity contribution in [3.8, 4) is 0 Å². The molecule has 0 bridgehead atoms. The van der Waals surface area contributed by atoms with E-state index in [1.807, 2.05) is 6.07 Å². The normalized spacial score (nSPS) is 16.6. The Kier molecular flexibility index (Phi) is 3.79. The molecular weight excluding hydrogens is 212 g/mol. The molecule has 2 N–H and O–H groups in total. The van der Waals surface area contributed by atoms with E-state index in [4.69, 9.17) is 0 Å². The third-order valence-electron chi connectivity index (χ3n) is 3.05. The second-order valence-corrected chi connectivity index (χ2v) is 4.86. The van der Waals surface area contributed by atoms with E-state index in [-0.39, 0.29) is 11.9 Å². The molecule has 0 saturated heterocycles. The summed E-state index contributed by atoms with van der Waals surface area (Å²) in [5.41, 5.74) is 2.47. The Morgan fingerprint density at radius 1 is 1.47 bits per heavy atom. The van der Waals surface area contributed by atoms with Crippen molar-refractivity contribution in [2.24, 2.45) is 0 Å². The summed E-state index contributed by atoms with van der Waals surface area (Å²) in [6, 6.07) is 9.02. The molecule has 1 fully saturated rings. The quantitative estimate of drug-likeness (QED) is 0.814. The van der Waals surface area contributed by atoms with Crippen LogP contribution in [0.5, 0.6) is 0 Å². The van der Waals surface area contributed by atoms with Gasteiger partial charge in [-0.1, -0.05) is 29.8 Å². The smallest absolute Gasteiger partial charge is 0.234 e. The molecular formula is C14H20N2O. The van der Waals surface area contributed by atoms with Crippen LogP contribution in [0.4, 0.5) is 0 Å². The molecule has 2 rings (SSSR count). The Balaban J connectivity index is 1.79. The van der Waals surface area contributed by atoms with Crippen LogP contribution in [0.2, 0.25) is 0 Å². The van der Waals surface area contributed by atoms with Gasteiger partial charge in [0.15, 0.2) is 0 Å². The fraction of sp³-hybridized carbons (Fsp3) is 0.500. The number of carbonyl (C=O) groups excluding carboxylic acids is 1. The van der Waals surface area contributed by atoms with Crippen molar-refractivity contribution in [1.82, 2.24) is 10.6 Å². The van der Waals surface area contributed by atoms with Crippen molar-refractivity contribution in [3.05, 3.63) is 35.4 Å². The third-order valence-corrected chi connectivity index (χ3v) is 3.05. The number of benzene rings is 1. The summed E-state index contributed by atoms with van der Waals surface area (Å²) < 4.78 is 0. The molecule has 0 radical (unpaired) electrons. The van der Waals surface area contributed by atoms with Gasteiger partial charge >= 0.3 is 0 Å². The Morgan fingerprint density at radius 2 is 2.24 bits per heavy atom. The minimum Gasteiger partial charge on any atom is -0.352 e. The molecule has 3 nitrogen and oxygen atoms in total. The van der Waals surface area contributed by atoms with Gasteiger partial charge in [-0.15, -0.1) is 0 Å². The second kappa shape index (κ2) is 5.32. The van der Waals surface area contributed by atoms with E-state index in [2.05, 4.69) is 42.7 Å². The topological polar surface area (TPSA) is 41.1 Å². The zero-order valence-electron chi connectivity index (χ0n) is 10.5. The fourth-order valence-corrected chi connectivity index (χ4v) is 1.81. The van der Waals surface area contributed by atoms with Crippen LogP contribution in [0.15, 0.2) is 24.3 Å². The number of rotatable bonds is 5. The van der Waals surface area contributed by atoms with Crippen molar-refractivity contribution in [3.63, 3.8) is 0 Å². The zero-order valence-corrected chi connectivity index (χ0v) is 10.5. The minimum atomic E-state index is 0.104. The predicted molar refractivity (Wildman–Crippen MR) is 68.8 cm³/mol. The molecule has 1 amide bonds. The molecule has 0 aliphatic heterocycles. The SMILES string of the molecule is Cc1cccc(C(C)NCC(=O)NC2CC2)c1. The first-order valence-electron chi connectivity index (χ1n) is 6.24. The van der Waals surface area contributed by atoms with Crippen LogP contribution in [-0.4, -0.2) is 18.5 Å². The van der Waals surface area contributed by atoms with Crippen molar-refractivity contribution in [2.45, 2.75) is 38.8 Å². The monoisotopic (exact) mass is 232 g/mol. The van der Waals surface area contributed by atoms with Gasteiger partial charge in [-0.3, -0.25) is 4.79 Å². The van der Waals surface area contributed by atoms with E-state index >= 15 is 0 Å². The number of nitrogens with one attached hydrogen (secondary N) is 2. The van der Waals surface area contributed by atoms with Crippen LogP contribution in [0.3, 0.4) is 0 Å². The van der Waals surface area contributed by atoms with Crippen LogP contribution in [0, 0.1) is 6.92 Å². The molecule has 1 aromatic rings. The van der Waals surface area contributed by atoms with Gasteiger partial charge in [0.1, 0.15) is 0 Å². The minimum absolute atomic E-state index is 0.104. The van der Waals surface area contributed by atoms with Crippen molar-refractivity contribution < 1.29 is 4.79 Å². The van der Waals surface area contributed by atoms with E-state index in [1.165, 1.54) is 11.1 Å². The van der Waals surface area contributed by atoms with Gasteiger partial charge in [0, 0.05) is 12.1 Å². The van der Waals surface area contributed by atoms with E-state index in [1.54, 1.807) is 0 Å². The summed E-state index contributed by atoms with van der Waals surface area (Å²) in [6.45, 7) is 4.56. The third kappa shape index (κ3) is 3.86. The van der Waals surface area contributed by atoms with Gasteiger partial charge in [-0.05, 0) is 32.3 Å². The lowest BCUT2D eigenvalue weighted by molar-refractivity contribution is -0.120. The Labute approximate surface area is 103 Å². The second-order valence-electron chi connectivity index (χ2n) is 4.86. The molecule has 0 spiro atoms. The average molecular weight is 232 g/mol. The fourth-order valence-electron chi connectivity index (χ4n) is 1.81. The molecule has 1 saturated carbocycles. The Bertz CT molecular complexity index is 399. The molecule has 1 atom stereocenters. The molecule has 0 heterocycles. The van der Waals surface area contributed by atoms with Crippen LogP contribution in [-0.2, 0) is 4.79 Å². The molecule has 1 aromatic carbocycles. The summed E-state index contributed by atoms with van der Waals surface area (Å²) in [4.78, 5) is 11.5. The van der Waals surface area contributed by atoms with Crippen LogP contribution in [0.1, 0.15) is 36.9 Å². The first-order chi connectivity index (χ1) is 8.15. The average Bonchev–Trinajstić information content (AvgIpc) is 3.10. The first kappa shape index (κ1) is 12.1. The van der Waals surface area contributed by atoms with Gasteiger partial charge in [0.05, 0.1) is 6.54 Å². The van der Waals surface area contributed by atoms with Gasteiger partial charge in [0.2, 0.25) is 5.91 Å². The maximum absolute atomic E-state index is 11.5. The summed E-state index contributed by atoms with van der Waals surface area (Å²) in [5.74, 6) is 0.104. The van der Waals surface area contributed by atoms with Crippen LogP contribution >= 0.6 is 0 Å². The van der Waals surface area contributed by atoms with Gasteiger partial charge in [-0.2, -0.15) is 0 Å². The summed E-state index contributed by atoms with van der Waals surface area (Å²) in [6.07, 6.45) is 2.28.